The van der Waals surface area contributed by atoms with Crippen molar-refractivity contribution in [1.29, 1.82) is 0 Å². The molecule has 0 amide bonds. The molecule has 0 fully saturated rings. The first-order valence-electron chi connectivity index (χ1n) is 8.84. The third kappa shape index (κ3) is 3.27. The fraction of sp³-hybridized carbons (Fsp3) is 0.143. The lowest BCUT2D eigenvalue weighted by molar-refractivity contribution is 0.628. The Morgan fingerprint density at radius 3 is 2.67 bits per heavy atom. The normalized spacial score (nSPS) is 11.2. The Kier molecular flexibility index (Phi) is 4.56. The highest BCUT2D eigenvalue weighted by Gasteiger charge is 2.17. The van der Waals surface area contributed by atoms with Gasteiger partial charge in [0.05, 0.1) is 5.69 Å². The van der Waals surface area contributed by atoms with Crippen LogP contribution in [0.15, 0.2) is 65.5 Å². The number of aromatic amines is 1. The van der Waals surface area contributed by atoms with E-state index in [4.69, 9.17) is 5.10 Å². The highest BCUT2D eigenvalue weighted by Crippen LogP contribution is 2.29. The minimum Gasteiger partial charge on any atom is -0.313 e. The lowest BCUT2D eigenvalue weighted by Crippen LogP contribution is -2.21. The highest BCUT2D eigenvalue weighted by molar-refractivity contribution is 5.92. The van der Waals surface area contributed by atoms with Crippen molar-refractivity contribution in [3.63, 3.8) is 0 Å². The number of rotatable bonds is 5. The maximum absolute atomic E-state index is 13.8. The average molecular weight is 362 g/mol. The lowest BCUT2D eigenvalue weighted by Gasteiger charge is -2.04. The summed E-state index contributed by atoms with van der Waals surface area (Å²) < 4.78 is 15.5. The SMILES string of the molecule is CCNCc1cc2c(-c3cccc(F)c3)nn(-c3ccccc3)c2[nH]c1=O. The molecule has 0 atom stereocenters. The van der Waals surface area contributed by atoms with E-state index in [9.17, 15) is 9.18 Å². The zero-order chi connectivity index (χ0) is 18.8. The zero-order valence-corrected chi connectivity index (χ0v) is 14.9. The number of halogens is 1. The van der Waals surface area contributed by atoms with E-state index in [1.807, 2.05) is 49.4 Å². The van der Waals surface area contributed by atoms with Gasteiger partial charge >= 0.3 is 0 Å². The van der Waals surface area contributed by atoms with Gasteiger partial charge in [0.25, 0.3) is 5.56 Å². The van der Waals surface area contributed by atoms with Gasteiger partial charge in [-0.1, -0.05) is 37.3 Å². The van der Waals surface area contributed by atoms with Crippen LogP contribution in [0, 0.1) is 5.82 Å². The number of nitrogens with zero attached hydrogens (tertiary/aromatic N) is 2. The molecule has 2 aromatic heterocycles. The van der Waals surface area contributed by atoms with Crippen molar-refractivity contribution in [2.24, 2.45) is 0 Å². The summed E-state index contributed by atoms with van der Waals surface area (Å²) in [6.45, 7) is 3.21. The quantitative estimate of drug-likeness (QED) is 0.570. The van der Waals surface area contributed by atoms with Gasteiger partial charge in [-0.3, -0.25) is 4.79 Å². The Hall–Kier alpha value is -3.25. The van der Waals surface area contributed by atoms with E-state index in [1.165, 1.54) is 12.1 Å². The van der Waals surface area contributed by atoms with Gasteiger partial charge in [-0.25, -0.2) is 9.07 Å². The van der Waals surface area contributed by atoms with Gasteiger partial charge in [-0.15, -0.1) is 0 Å². The van der Waals surface area contributed by atoms with E-state index in [2.05, 4.69) is 10.3 Å². The molecule has 0 saturated heterocycles. The molecule has 5 nitrogen and oxygen atoms in total. The van der Waals surface area contributed by atoms with Crippen LogP contribution in [-0.4, -0.2) is 21.3 Å². The number of hydrogen-bond donors (Lipinski definition) is 2. The fourth-order valence-electron chi connectivity index (χ4n) is 3.11. The molecule has 136 valence electrons. The molecular formula is C21H19FN4O. The van der Waals surface area contributed by atoms with Crippen LogP contribution >= 0.6 is 0 Å². The second-order valence-corrected chi connectivity index (χ2v) is 6.27. The largest absolute Gasteiger partial charge is 0.313 e. The topological polar surface area (TPSA) is 62.7 Å². The molecule has 4 aromatic rings. The number of benzene rings is 2. The van der Waals surface area contributed by atoms with Crippen LogP contribution in [0.2, 0.25) is 0 Å². The number of para-hydroxylation sites is 1. The van der Waals surface area contributed by atoms with Gasteiger partial charge < -0.3 is 10.3 Å². The van der Waals surface area contributed by atoms with Gasteiger partial charge in [-0.2, -0.15) is 5.10 Å². The van der Waals surface area contributed by atoms with Gasteiger partial charge in [0, 0.05) is 23.1 Å². The number of pyridine rings is 1. The van der Waals surface area contributed by atoms with Crippen molar-refractivity contribution in [2.75, 3.05) is 6.54 Å². The Labute approximate surface area is 155 Å². The summed E-state index contributed by atoms with van der Waals surface area (Å²) in [7, 11) is 0. The number of aromatic nitrogens is 3. The summed E-state index contributed by atoms with van der Waals surface area (Å²) in [6, 6.07) is 17.7. The first kappa shape index (κ1) is 17.2. The molecule has 0 unspecified atom stereocenters. The molecular weight excluding hydrogens is 343 g/mol. The zero-order valence-electron chi connectivity index (χ0n) is 14.9. The average Bonchev–Trinajstić information content (AvgIpc) is 3.05. The van der Waals surface area contributed by atoms with Crippen molar-refractivity contribution in [1.82, 2.24) is 20.1 Å². The van der Waals surface area contributed by atoms with Gasteiger partial charge in [-0.05, 0) is 36.9 Å². The second kappa shape index (κ2) is 7.17. The van der Waals surface area contributed by atoms with Crippen LogP contribution in [0.25, 0.3) is 28.0 Å². The molecule has 2 N–H and O–H groups in total. The molecule has 0 aliphatic heterocycles. The third-order valence-corrected chi connectivity index (χ3v) is 4.43. The van der Waals surface area contributed by atoms with Crippen molar-refractivity contribution in [2.45, 2.75) is 13.5 Å². The number of hydrogen-bond acceptors (Lipinski definition) is 3. The standard InChI is InChI=1S/C21H19FN4O/c1-2-23-13-15-12-18-19(14-7-6-8-16(22)11-14)25-26(20(18)24-21(15)27)17-9-4-3-5-10-17/h3-12,23H,2,13H2,1H3,(H,24,27). The van der Waals surface area contributed by atoms with Crippen molar-refractivity contribution in [3.8, 4) is 16.9 Å². The second-order valence-electron chi connectivity index (χ2n) is 6.27. The third-order valence-electron chi connectivity index (χ3n) is 4.43. The Balaban J connectivity index is 1.99. The highest BCUT2D eigenvalue weighted by atomic mass is 19.1. The predicted molar refractivity (Wildman–Crippen MR) is 104 cm³/mol. The monoisotopic (exact) mass is 362 g/mol. The van der Waals surface area contributed by atoms with E-state index in [1.54, 1.807) is 10.7 Å². The summed E-state index contributed by atoms with van der Waals surface area (Å²) in [6.07, 6.45) is 0. The summed E-state index contributed by atoms with van der Waals surface area (Å²) in [5, 5.41) is 8.64. The molecule has 0 saturated carbocycles. The van der Waals surface area contributed by atoms with E-state index >= 15 is 0 Å². The smallest absolute Gasteiger partial charge is 0.254 e. The van der Waals surface area contributed by atoms with Crippen LogP contribution in [0.5, 0.6) is 0 Å². The van der Waals surface area contributed by atoms with E-state index < -0.39 is 0 Å². The van der Waals surface area contributed by atoms with Crippen molar-refractivity contribution < 1.29 is 4.39 Å². The molecule has 0 spiro atoms. The van der Waals surface area contributed by atoms with Crippen LogP contribution in [0.3, 0.4) is 0 Å². The summed E-state index contributed by atoms with van der Waals surface area (Å²) >= 11 is 0. The van der Waals surface area contributed by atoms with Crippen molar-refractivity contribution >= 4 is 11.0 Å². The van der Waals surface area contributed by atoms with Crippen LogP contribution in [0.1, 0.15) is 12.5 Å². The number of fused-ring (bicyclic) bond motifs is 1. The van der Waals surface area contributed by atoms with Gasteiger partial charge in [0.15, 0.2) is 0 Å². The molecule has 0 radical (unpaired) electrons. The predicted octanol–water partition coefficient (Wildman–Crippen LogP) is 3.63. The van der Waals surface area contributed by atoms with E-state index in [0.29, 0.717) is 29.0 Å². The Morgan fingerprint density at radius 1 is 1.11 bits per heavy atom. The number of nitrogens with one attached hydrogen (secondary N) is 2. The first-order valence-corrected chi connectivity index (χ1v) is 8.84. The molecule has 6 heteroatoms. The molecule has 0 aliphatic rings. The molecule has 0 aliphatic carbocycles. The Bertz CT molecular complexity index is 1150. The Morgan fingerprint density at radius 2 is 1.93 bits per heavy atom. The molecule has 0 bridgehead atoms. The molecule has 2 aromatic carbocycles. The molecule has 27 heavy (non-hydrogen) atoms. The number of H-pyrrole nitrogens is 1. The minimum absolute atomic E-state index is 0.161. The van der Waals surface area contributed by atoms with Crippen LogP contribution in [0.4, 0.5) is 4.39 Å². The summed E-state index contributed by atoms with van der Waals surface area (Å²) in [5.41, 5.74) is 3.16. The first-order chi connectivity index (χ1) is 13.2. The van der Waals surface area contributed by atoms with Crippen LogP contribution < -0.4 is 10.9 Å². The lowest BCUT2D eigenvalue weighted by atomic mass is 10.1. The summed E-state index contributed by atoms with van der Waals surface area (Å²) in [5.74, 6) is -0.327. The van der Waals surface area contributed by atoms with E-state index in [0.717, 1.165) is 17.6 Å². The van der Waals surface area contributed by atoms with E-state index in [-0.39, 0.29) is 11.4 Å². The molecule has 4 rings (SSSR count). The van der Waals surface area contributed by atoms with Gasteiger partial charge in [0.1, 0.15) is 17.2 Å². The summed E-state index contributed by atoms with van der Waals surface area (Å²) in [4.78, 5) is 15.5. The minimum atomic E-state index is -0.327. The fourth-order valence-corrected chi connectivity index (χ4v) is 3.11. The van der Waals surface area contributed by atoms with Crippen LogP contribution in [-0.2, 0) is 6.54 Å². The molecule has 2 heterocycles. The maximum atomic E-state index is 13.8. The maximum Gasteiger partial charge on any atom is 0.254 e. The van der Waals surface area contributed by atoms with Gasteiger partial charge in [0.2, 0.25) is 0 Å². The van der Waals surface area contributed by atoms with Crippen molar-refractivity contribution in [3.05, 3.63) is 82.4 Å².